The van der Waals surface area contributed by atoms with Crippen molar-refractivity contribution < 1.29 is 14.3 Å². The van der Waals surface area contributed by atoms with Gasteiger partial charge in [-0.25, -0.2) is 9.97 Å². The third-order valence-electron chi connectivity index (χ3n) is 7.52. The minimum Gasteiger partial charge on any atom is -0.366 e. The predicted molar refractivity (Wildman–Crippen MR) is 140 cm³/mol. The number of piperidine rings is 1. The van der Waals surface area contributed by atoms with Crippen molar-refractivity contribution >= 4 is 29.0 Å². The van der Waals surface area contributed by atoms with E-state index >= 15 is 0 Å². The molecule has 3 aromatic rings. The van der Waals surface area contributed by atoms with Gasteiger partial charge in [0.2, 0.25) is 0 Å². The number of ketones is 1. The van der Waals surface area contributed by atoms with E-state index in [2.05, 4.69) is 27.2 Å². The van der Waals surface area contributed by atoms with Crippen LogP contribution in [0.4, 0.5) is 17.3 Å². The van der Waals surface area contributed by atoms with Gasteiger partial charge in [0.15, 0.2) is 17.3 Å². The van der Waals surface area contributed by atoms with Gasteiger partial charge in [-0.1, -0.05) is 12.1 Å². The number of rotatable bonds is 7. The quantitative estimate of drug-likeness (QED) is 0.467. The number of anilines is 3. The zero-order chi connectivity index (χ0) is 26.3. The monoisotopic (exact) mass is 503 g/mol. The average molecular weight is 504 g/mol. The van der Waals surface area contributed by atoms with E-state index in [9.17, 15) is 9.59 Å². The summed E-state index contributed by atoms with van der Waals surface area (Å²) in [6, 6.07) is 5.99. The van der Waals surface area contributed by atoms with Gasteiger partial charge in [0, 0.05) is 37.8 Å². The summed E-state index contributed by atoms with van der Waals surface area (Å²) in [5, 5.41) is 7.25. The highest BCUT2D eigenvalue weighted by molar-refractivity contribution is 5.97. The topological polar surface area (TPSA) is 128 Å². The molecular formula is C27H33N7O3. The number of fused-ring (bicyclic) bond motifs is 1. The van der Waals surface area contributed by atoms with Crippen LogP contribution in [0.5, 0.6) is 0 Å². The summed E-state index contributed by atoms with van der Waals surface area (Å²) in [6.45, 7) is 7.56. The number of carbonyl (C=O) groups excluding carboxylic acids is 2. The van der Waals surface area contributed by atoms with Crippen LogP contribution in [0.3, 0.4) is 0 Å². The zero-order valence-electron chi connectivity index (χ0n) is 21.7. The van der Waals surface area contributed by atoms with Gasteiger partial charge in [-0.2, -0.15) is 5.10 Å². The van der Waals surface area contributed by atoms with Gasteiger partial charge in [-0.3, -0.25) is 14.3 Å². The maximum Gasteiger partial charge on any atom is 0.271 e. The molecule has 2 aromatic heterocycles. The summed E-state index contributed by atoms with van der Waals surface area (Å²) in [4.78, 5) is 36.5. The number of Topliss-reactive ketones (excluding diaryl/α,β-unsaturated/α-hetero) is 1. The minimum absolute atomic E-state index is 0.0619. The van der Waals surface area contributed by atoms with E-state index in [1.807, 2.05) is 32.0 Å². The maximum atomic E-state index is 13.3. The fourth-order valence-corrected chi connectivity index (χ4v) is 5.36. The van der Waals surface area contributed by atoms with Crippen molar-refractivity contribution in [1.29, 1.82) is 0 Å². The highest BCUT2D eigenvalue weighted by atomic mass is 16.5. The van der Waals surface area contributed by atoms with Crippen LogP contribution in [0.25, 0.3) is 0 Å². The average Bonchev–Trinajstić information content (AvgIpc) is 3.41. The Hall–Kier alpha value is -3.79. The fourth-order valence-electron chi connectivity index (χ4n) is 5.36. The molecule has 0 unspecified atom stereocenters. The third kappa shape index (κ3) is 4.93. The van der Waals surface area contributed by atoms with Crippen molar-refractivity contribution in [3.63, 3.8) is 0 Å². The van der Waals surface area contributed by atoms with Crippen LogP contribution in [0.15, 0.2) is 36.8 Å². The third-order valence-corrected chi connectivity index (χ3v) is 7.52. The molecule has 1 aromatic carbocycles. The first kappa shape index (κ1) is 24.9. The number of hydrogen-bond acceptors (Lipinski definition) is 8. The lowest BCUT2D eigenvalue weighted by Crippen LogP contribution is -2.44. The number of carbonyl (C=O) groups is 2. The van der Waals surface area contributed by atoms with Gasteiger partial charge >= 0.3 is 0 Å². The number of aryl methyl sites for hydroxylation is 1. The normalized spacial score (nSPS) is 20.5. The molecule has 37 heavy (non-hydrogen) atoms. The maximum absolute atomic E-state index is 13.3. The van der Waals surface area contributed by atoms with E-state index < -0.39 is 5.91 Å². The van der Waals surface area contributed by atoms with Gasteiger partial charge in [0.05, 0.1) is 30.3 Å². The number of amides is 1. The second-order valence-corrected chi connectivity index (χ2v) is 10.5. The molecule has 0 bridgehead atoms. The standard InChI is InChI=1S/C27H33N7O3/c1-16-17(11-22(35)18-7-8-19-15-37-27(2,3)21(19)10-18)6-5-9-34(16)23-13-29-24(25(28)36)26(32-23)31-20-12-30-33(4)14-20/h7-8,10,12-14,16-17H,5-6,9,11,15H2,1-4H3,(H2,28,36)(H,31,32)/t16-,17+/m1/s1. The Morgan fingerprint density at radius 2 is 2.08 bits per heavy atom. The molecule has 5 rings (SSSR count). The summed E-state index contributed by atoms with van der Waals surface area (Å²) in [6.07, 6.45) is 7.32. The summed E-state index contributed by atoms with van der Waals surface area (Å²) >= 11 is 0. The molecule has 194 valence electrons. The zero-order valence-corrected chi connectivity index (χ0v) is 21.7. The van der Waals surface area contributed by atoms with Crippen molar-refractivity contribution in [3.8, 4) is 0 Å². The smallest absolute Gasteiger partial charge is 0.271 e. The number of benzene rings is 1. The molecule has 0 radical (unpaired) electrons. The first-order valence-corrected chi connectivity index (χ1v) is 12.6. The Morgan fingerprint density at radius 3 is 2.81 bits per heavy atom. The second kappa shape index (κ2) is 9.59. The molecule has 2 atom stereocenters. The summed E-state index contributed by atoms with van der Waals surface area (Å²) in [5.74, 6) is 0.553. The van der Waals surface area contributed by atoms with Crippen molar-refractivity contribution in [2.75, 3.05) is 16.8 Å². The Labute approximate surface area is 216 Å². The SMILES string of the molecule is C[C@@H]1[C@H](CC(=O)c2ccc3c(c2)C(C)(C)OC3)CCCN1c1cnc(C(N)=O)c(Nc2cnn(C)c2)n1. The Kier molecular flexibility index (Phi) is 6.45. The number of nitrogens with zero attached hydrogens (tertiary/aromatic N) is 5. The lowest BCUT2D eigenvalue weighted by atomic mass is 9.84. The first-order chi connectivity index (χ1) is 17.6. The number of nitrogens with two attached hydrogens (primary N) is 1. The van der Waals surface area contributed by atoms with Crippen molar-refractivity contribution in [2.45, 2.75) is 58.3 Å². The molecule has 2 aliphatic heterocycles. The molecule has 0 saturated carbocycles. The predicted octanol–water partition coefficient (Wildman–Crippen LogP) is 3.70. The van der Waals surface area contributed by atoms with E-state index in [1.165, 1.54) is 0 Å². The van der Waals surface area contributed by atoms with Crippen molar-refractivity contribution in [1.82, 2.24) is 19.7 Å². The fraction of sp³-hybridized carbons (Fsp3) is 0.444. The Morgan fingerprint density at radius 1 is 1.27 bits per heavy atom. The second-order valence-electron chi connectivity index (χ2n) is 10.5. The number of aromatic nitrogens is 4. The molecule has 2 aliphatic rings. The molecule has 0 spiro atoms. The van der Waals surface area contributed by atoms with Crippen LogP contribution in [0, 0.1) is 5.92 Å². The van der Waals surface area contributed by atoms with Gasteiger partial charge in [0.1, 0.15) is 5.82 Å². The Balaban J connectivity index is 1.35. The summed E-state index contributed by atoms with van der Waals surface area (Å²) in [7, 11) is 1.80. The van der Waals surface area contributed by atoms with Gasteiger partial charge < -0.3 is 20.7 Å². The molecule has 1 saturated heterocycles. The molecule has 10 nitrogen and oxygen atoms in total. The van der Waals surface area contributed by atoms with E-state index in [1.54, 1.807) is 30.3 Å². The van der Waals surface area contributed by atoms with Crippen LogP contribution in [-0.4, -0.2) is 44.0 Å². The van der Waals surface area contributed by atoms with E-state index in [0.717, 1.165) is 36.1 Å². The molecule has 1 fully saturated rings. The van der Waals surface area contributed by atoms with Gasteiger partial charge in [-0.05, 0) is 56.7 Å². The largest absolute Gasteiger partial charge is 0.366 e. The van der Waals surface area contributed by atoms with E-state index in [-0.39, 0.29) is 34.9 Å². The lowest BCUT2D eigenvalue weighted by Gasteiger charge is -2.40. The minimum atomic E-state index is -0.663. The number of nitrogens with one attached hydrogen (secondary N) is 1. The van der Waals surface area contributed by atoms with Crippen molar-refractivity contribution in [2.24, 2.45) is 18.7 Å². The van der Waals surface area contributed by atoms with E-state index in [4.69, 9.17) is 15.5 Å². The number of primary amides is 1. The molecule has 4 heterocycles. The summed E-state index contributed by atoms with van der Waals surface area (Å²) in [5.41, 5.74) is 8.88. The van der Waals surface area contributed by atoms with Crippen LogP contribution in [-0.2, 0) is 24.0 Å². The Bertz CT molecular complexity index is 1350. The molecule has 3 N–H and O–H groups in total. The van der Waals surface area contributed by atoms with E-state index in [0.29, 0.717) is 24.5 Å². The highest BCUT2D eigenvalue weighted by Gasteiger charge is 2.34. The van der Waals surface area contributed by atoms with Gasteiger partial charge in [0.25, 0.3) is 5.91 Å². The van der Waals surface area contributed by atoms with Gasteiger partial charge in [-0.15, -0.1) is 0 Å². The van der Waals surface area contributed by atoms with Crippen LogP contribution in [0.1, 0.15) is 72.0 Å². The molecule has 0 aliphatic carbocycles. The summed E-state index contributed by atoms with van der Waals surface area (Å²) < 4.78 is 7.52. The molecule has 1 amide bonds. The van der Waals surface area contributed by atoms with Crippen LogP contribution >= 0.6 is 0 Å². The number of ether oxygens (including phenoxy) is 1. The van der Waals surface area contributed by atoms with Crippen LogP contribution < -0.4 is 16.0 Å². The lowest BCUT2D eigenvalue weighted by molar-refractivity contribution is -0.00790. The van der Waals surface area contributed by atoms with Crippen molar-refractivity contribution in [3.05, 3.63) is 59.2 Å². The molecular weight excluding hydrogens is 470 g/mol. The highest BCUT2D eigenvalue weighted by Crippen LogP contribution is 2.37. The first-order valence-electron chi connectivity index (χ1n) is 12.6. The molecule has 10 heteroatoms. The van der Waals surface area contributed by atoms with Crippen LogP contribution in [0.2, 0.25) is 0 Å². The number of hydrogen-bond donors (Lipinski definition) is 2.